The van der Waals surface area contributed by atoms with Crippen molar-refractivity contribution in [3.63, 3.8) is 0 Å². The predicted molar refractivity (Wildman–Crippen MR) is 97.5 cm³/mol. The lowest BCUT2D eigenvalue weighted by molar-refractivity contribution is 0.319. The van der Waals surface area contributed by atoms with Gasteiger partial charge in [0.05, 0.1) is 7.11 Å². The van der Waals surface area contributed by atoms with E-state index in [0.717, 1.165) is 30.0 Å². The molecule has 2 rings (SSSR count). The van der Waals surface area contributed by atoms with Gasteiger partial charge in [-0.25, -0.2) is 0 Å². The van der Waals surface area contributed by atoms with Crippen molar-refractivity contribution >= 4 is 11.3 Å². The Morgan fingerprint density at radius 1 is 1.30 bits per heavy atom. The summed E-state index contributed by atoms with van der Waals surface area (Å²) < 4.78 is 11.2. The first-order valence-corrected chi connectivity index (χ1v) is 8.72. The lowest BCUT2D eigenvalue weighted by Gasteiger charge is -2.17. The van der Waals surface area contributed by atoms with E-state index in [0.29, 0.717) is 12.6 Å². The van der Waals surface area contributed by atoms with Gasteiger partial charge in [0, 0.05) is 17.5 Å². The highest BCUT2D eigenvalue weighted by molar-refractivity contribution is 7.10. The molecule has 4 heteroatoms. The quantitative estimate of drug-likeness (QED) is 0.659. The van der Waals surface area contributed by atoms with Gasteiger partial charge in [0.25, 0.3) is 0 Å². The zero-order valence-corrected chi connectivity index (χ0v) is 14.9. The molecular weight excluding hydrogens is 306 g/mol. The van der Waals surface area contributed by atoms with E-state index in [-0.39, 0.29) is 0 Å². The fourth-order valence-electron chi connectivity index (χ4n) is 2.32. The molecule has 0 aliphatic carbocycles. The monoisotopic (exact) mass is 331 g/mol. The van der Waals surface area contributed by atoms with Crippen molar-refractivity contribution in [1.29, 1.82) is 0 Å². The van der Waals surface area contributed by atoms with E-state index in [1.165, 1.54) is 10.4 Å². The molecule has 0 aliphatic heterocycles. The second-order valence-electron chi connectivity index (χ2n) is 5.59. The zero-order chi connectivity index (χ0) is 16.7. The van der Waals surface area contributed by atoms with Crippen molar-refractivity contribution < 1.29 is 9.47 Å². The van der Waals surface area contributed by atoms with Crippen LogP contribution in [0.15, 0.2) is 47.9 Å². The Labute approximate surface area is 143 Å². The maximum absolute atomic E-state index is 5.79. The summed E-state index contributed by atoms with van der Waals surface area (Å²) in [5.41, 5.74) is 2.16. The van der Waals surface area contributed by atoms with Gasteiger partial charge >= 0.3 is 0 Å². The molecule has 0 saturated heterocycles. The molecule has 0 radical (unpaired) electrons. The summed E-state index contributed by atoms with van der Waals surface area (Å²) in [6, 6.07) is 10.7. The van der Waals surface area contributed by atoms with E-state index in [1.54, 1.807) is 18.4 Å². The highest BCUT2D eigenvalue weighted by atomic mass is 32.1. The number of methoxy groups -OCH3 is 1. The number of rotatable bonds is 9. The van der Waals surface area contributed by atoms with Crippen LogP contribution in [-0.2, 0) is 6.54 Å². The van der Waals surface area contributed by atoms with Crippen LogP contribution < -0.4 is 14.8 Å². The van der Waals surface area contributed by atoms with Crippen LogP contribution >= 0.6 is 11.3 Å². The summed E-state index contributed by atoms with van der Waals surface area (Å²) >= 11 is 1.79. The van der Waals surface area contributed by atoms with E-state index in [9.17, 15) is 0 Å². The number of nitrogens with one attached hydrogen (secondary N) is 1. The Balaban J connectivity index is 2.04. The van der Waals surface area contributed by atoms with Crippen LogP contribution in [0.1, 0.15) is 36.8 Å². The lowest BCUT2D eigenvalue weighted by atomic mass is 10.1. The van der Waals surface area contributed by atoms with Gasteiger partial charge in [0.1, 0.15) is 6.61 Å². The average molecular weight is 331 g/mol. The van der Waals surface area contributed by atoms with E-state index in [4.69, 9.17) is 9.47 Å². The second kappa shape index (κ2) is 8.75. The lowest BCUT2D eigenvalue weighted by Crippen LogP contribution is -2.19. The minimum Gasteiger partial charge on any atom is -0.493 e. The van der Waals surface area contributed by atoms with Gasteiger partial charge in [-0.05, 0) is 48.1 Å². The van der Waals surface area contributed by atoms with Crippen molar-refractivity contribution in [3.8, 4) is 11.5 Å². The van der Waals surface area contributed by atoms with Gasteiger partial charge in [-0.2, -0.15) is 0 Å². The van der Waals surface area contributed by atoms with E-state index < -0.39 is 0 Å². The molecule has 1 aromatic heterocycles. The Morgan fingerprint density at radius 2 is 2.13 bits per heavy atom. The number of hydrogen-bond donors (Lipinski definition) is 1. The molecule has 0 bridgehead atoms. The molecule has 1 N–H and O–H groups in total. The molecule has 0 saturated carbocycles. The van der Waals surface area contributed by atoms with Crippen LogP contribution in [0.3, 0.4) is 0 Å². The van der Waals surface area contributed by atoms with Gasteiger partial charge in [0.2, 0.25) is 0 Å². The fraction of sp³-hybridized carbons (Fsp3) is 0.368. The van der Waals surface area contributed by atoms with E-state index in [2.05, 4.69) is 42.4 Å². The largest absolute Gasteiger partial charge is 0.493 e. The molecule has 3 nitrogen and oxygen atoms in total. The summed E-state index contributed by atoms with van der Waals surface area (Å²) in [6.07, 6.45) is 1.07. The molecule has 2 aromatic rings. The molecule has 23 heavy (non-hydrogen) atoms. The van der Waals surface area contributed by atoms with Crippen LogP contribution in [0, 0.1) is 0 Å². The molecule has 0 aliphatic rings. The predicted octanol–water partition coefficient (Wildman–Crippen LogP) is 4.95. The Kier molecular flexibility index (Phi) is 6.68. The van der Waals surface area contributed by atoms with Crippen LogP contribution in [0.2, 0.25) is 0 Å². The Bertz CT molecular complexity index is 622. The second-order valence-corrected chi connectivity index (χ2v) is 6.57. The molecule has 1 heterocycles. The molecule has 124 valence electrons. The SMILES string of the molecule is C=C(C)COc1cc(CNC(CC)c2cccs2)ccc1OC. The minimum absolute atomic E-state index is 0.386. The van der Waals surface area contributed by atoms with E-state index in [1.807, 2.05) is 19.1 Å². The van der Waals surface area contributed by atoms with Gasteiger partial charge in [-0.15, -0.1) is 11.3 Å². The van der Waals surface area contributed by atoms with Gasteiger partial charge in [0.15, 0.2) is 11.5 Å². The third kappa shape index (κ3) is 5.12. The smallest absolute Gasteiger partial charge is 0.161 e. The Hall–Kier alpha value is -1.78. The molecule has 0 fully saturated rings. The molecular formula is C19H25NO2S. The number of hydrogen-bond acceptors (Lipinski definition) is 4. The first-order valence-electron chi connectivity index (χ1n) is 7.85. The zero-order valence-electron chi connectivity index (χ0n) is 14.1. The maximum Gasteiger partial charge on any atom is 0.161 e. The van der Waals surface area contributed by atoms with Gasteiger partial charge in [-0.3, -0.25) is 0 Å². The van der Waals surface area contributed by atoms with Crippen molar-refractivity contribution in [3.05, 3.63) is 58.3 Å². The summed E-state index contributed by atoms with van der Waals surface area (Å²) in [5.74, 6) is 1.51. The van der Waals surface area contributed by atoms with Crippen LogP contribution in [-0.4, -0.2) is 13.7 Å². The van der Waals surface area contributed by atoms with Crippen LogP contribution in [0.25, 0.3) is 0 Å². The number of benzene rings is 1. The fourth-order valence-corrected chi connectivity index (χ4v) is 3.21. The topological polar surface area (TPSA) is 30.5 Å². The van der Waals surface area contributed by atoms with Gasteiger partial charge < -0.3 is 14.8 Å². The Morgan fingerprint density at radius 3 is 2.74 bits per heavy atom. The molecule has 0 amide bonds. The summed E-state index contributed by atoms with van der Waals surface area (Å²) in [7, 11) is 1.66. The maximum atomic E-state index is 5.79. The summed E-state index contributed by atoms with van der Waals surface area (Å²) in [6.45, 7) is 9.32. The highest BCUT2D eigenvalue weighted by Gasteiger charge is 2.11. The standard InChI is InChI=1S/C19H25NO2S/c1-5-16(19-7-6-10-23-19)20-12-15-8-9-17(21-4)18(11-15)22-13-14(2)3/h6-11,16,20H,2,5,12-13H2,1,3-4H3. The normalized spacial score (nSPS) is 12.0. The van der Waals surface area contributed by atoms with Crippen molar-refractivity contribution in [2.75, 3.05) is 13.7 Å². The number of thiophene rings is 1. The third-order valence-corrected chi connectivity index (χ3v) is 4.54. The first-order chi connectivity index (χ1) is 11.1. The highest BCUT2D eigenvalue weighted by Crippen LogP contribution is 2.29. The van der Waals surface area contributed by atoms with Crippen LogP contribution in [0.5, 0.6) is 11.5 Å². The van der Waals surface area contributed by atoms with Crippen molar-refractivity contribution in [2.45, 2.75) is 32.9 Å². The summed E-state index contributed by atoms with van der Waals surface area (Å²) in [5, 5.41) is 5.74. The number of ether oxygens (including phenoxy) is 2. The third-order valence-electron chi connectivity index (χ3n) is 3.55. The minimum atomic E-state index is 0.386. The summed E-state index contributed by atoms with van der Waals surface area (Å²) in [4.78, 5) is 1.37. The van der Waals surface area contributed by atoms with E-state index >= 15 is 0 Å². The average Bonchev–Trinajstić information content (AvgIpc) is 3.08. The molecule has 1 atom stereocenters. The van der Waals surface area contributed by atoms with Gasteiger partial charge in [-0.1, -0.05) is 25.6 Å². The molecule has 0 spiro atoms. The first kappa shape index (κ1) is 17.6. The molecule has 1 unspecified atom stereocenters. The van der Waals surface area contributed by atoms with Crippen molar-refractivity contribution in [1.82, 2.24) is 5.32 Å². The van der Waals surface area contributed by atoms with Crippen LogP contribution in [0.4, 0.5) is 0 Å². The molecule has 1 aromatic carbocycles. The van der Waals surface area contributed by atoms with Crippen molar-refractivity contribution in [2.24, 2.45) is 0 Å².